The molecule has 0 amide bonds. The number of hydrogen-bond acceptors (Lipinski definition) is 7. The zero-order chi connectivity index (χ0) is 27.6. The summed E-state index contributed by atoms with van der Waals surface area (Å²) in [7, 11) is -5.67. The predicted octanol–water partition coefficient (Wildman–Crippen LogP) is 3.39. The second kappa shape index (κ2) is 9.94. The Morgan fingerprint density at radius 2 is 1.76 bits per heavy atom. The van der Waals surface area contributed by atoms with E-state index in [9.17, 15) is 37.3 Å². The highest BCUT2D eigenvalue weighted by Gasteiger charge is 2.65. The zero-order valence-corrected chi connectivity index (χ0v) is 22.7. The number of carbonyl (C=O) groups excluding carboxylic acids is 1. The van der Waals surface area contributed by atoms with E-state index in [1.54, 1.807) is 0 Å². The molecule has 0 bridgehead atoms. The topological polar surface area (TPSA) is 141 Å². The number of fused-ring (bicyclic) bond motifs is 5. The molecule has 4 aliphatic carbocycles. The molecule has 4 fully saturated rings. The van der Waals surface area contributed by atoms with Crippen LogP contribution >= 0.6 is 0 Å². The lowest BCUT2D eigenvalue weighted by atomic mass is 9.43. The van der Waals surface area contributed by atoms with Crippen LogP contribution in [0.15, 0.2) is 0 Å². The maximum Gasteiger partial charge on any atom is 0.402 e. The lowest BCUT2D eigenvalue weighted by Crippen LogP contribution is -2.62. The monoisotopic (exact) mass is 552 g/mol. The summed E-state index contributed by atoms with van der Waals surface area (Å²) in [6.07, 6.45) is 4.01. The Balaban J connectivity index is 1.43. The molecule has 214 valence electrons. The quantitative estimate of drug-likeness (QED) is 0.278. The first-order valence-electron chi connectivity index (χ1n) is 13.6. The maximum atomic E-state index is 13.4. The molecule has 0 aromatic carbocycles. The van der Waals surface area contributed by atoms with Gasteiger partial charge in [0.2, 0.25) is 0 Å². The summed E-state index contributed by atoms with van der Waals surface area (Å²) in [4.78, 5) is 12.1. The van der Waals surface area contributed by atoms with Gasteiger partial charge in [-0.15, -0.1) is 0 Å². The van der Waals surface area contributed by atoms with Crippen molar-refractivity contribution in [1.82, 2.24) is 0 Å². The Kier molecular flexibility index (Phi) is 7.82. The first kappa shape index (κ1) is 29.1. The largest absolute Gasteiger partial charge is 0.458 e. The minimum Gasteiger partial charge on any atom is -0.458 e. The van der Waals surface area contributed by atoms with Crippen LogP contribution in [-0.4, -0.2) is 64.4 Å². The SMILES string of the molecule is C[C@H](CCC(=O)OCC(F)(F)S(=O)(=O)O)[C@H]1CC[C@H]2[C@@H]3[C@H](O)C[C@@H]4C[C@H](O)CC[C@]4(C)[C@H]3C[C@H](O)[C@]12C. The fraction of sp³-hybridized carbons (Fsp3) is 0.962. The van der Waals surface area contributed by atoms with Crippen molar-refractivity contribution in [3.63, 3.8) is 0 Å². The number of rotatable bonds is 7. The summed E-state index contributed by atoms with van der Waals surface area (Å²) < 4.78 is 61.1. The first-order chi connectivity index (χ1) is 17.0. The molecule has 11 heteroatoms. The van der Waals surface area contributed by atoms with Crippen LogP contribution in [0.2, 0.25) is 0 Å². The molecule has 0 heterocycles. The highest BCUT2D eigenvalue weighted by Crippen LogP contribution is 2.68. The van der Waals surface area contributed by atoms with Gasteiger partial charge in [-0.05, 0) is 97.7 Å². The lowest BCUT2D eigenvalue weighted by molar-refractivity contribution is -0.207. The van der Waals surface area contributed by atoms with Crippen LogP contribution in [0.3, 0.4) is 0 Å². The van der Waals surface area contributed by atoms with Crippen molar-refractivity contribution in [2.45, 2.75) is 102 Å². The van der Waals surface area contributed by atoms with E-state index in [1.165, 1.54) is 0 Å². The van der Waals surface area contributed by atoms with E-state index in [-0.39, 0.29) is 53.4 Å². The van der Waals surface area contributed by atoms with Gasteiger partial charge in [0.05, 0.1) is 18.3 Å². The Hall–Kier alpha value is -0.880. The van der Waals surface area contributed by atoms with Crippen LogP contribution in [0.25, 0.3) is 0 Å². The number of hydrogen-bond donors (Lipinski definition) is 4. The Morgan fingerprint density at radius 1 is 1.08 bits per heavy atom. The highest BCUT2D eigenvalue weighted by atomic mass is 32.2. The standard InChI is InChI=1S/C26H42F2O8S/c1-14(4-7-22(32)36-13-26(27,28)37(33,34)35)17-5-6-18-23-19(12-21(31)25(17,18)3)24(2)9-8-16(29)10-15(24)11-20(23)30/h14-21,23,29-31H,4-13H2,1-3H3,(H,33,34,35)/t14-,15+,16-,17-,18+,19+,20-,21+,23+,24+,25-/m1/s1. The van der Waals surface area contributed by atoms with Gasteiger partial charge >= 0.3 is 21.3 Å². The van der Waals surface area contributed by atoms with Gasteiger partial charge in [0.15, 0.2) is 6.61 Å². The Morgan fingerprint density at radius 3 is 2.41 bits per heavy atom. The normalized spacial score (nSPS) is 44.9. The highest BCUT2D eigenvalue weighted by molar-refractivity contribution is 7.86. The average Bonchev–Trinajstić information content (AvgIpc) is 3.16. The fourth-order valence-corrected chi connectivity index (χ4v) is 9.20. The summed E-state index contributed by atoms with van der Waals surface area (Å²) >= 11 is 0. The van der Waals surface area contributed by atoms with E-state index in [2.05, 4.69) is 18.6 Å². The molecule has 4 aliphatic rings. The van der Waals surface area contributed by atoms with Gasteiger partial charge in [-0.1, -0.05) is 20.8 Å². The van der Waals surface area contributed by atoms with E-state index in [0.717, 1.165) is 25.7 Å². The summed E-state index contributed by atoms with van der Waals surface area (Å²) in [5.74, 6) is -0.352. The van der Waals surface area contributed by atoms with Crippen molar-refractivity contribution in [3.05, 3.63) is 0 Å². The fourth-order valence-electron chi connectivity index (χ4n) is 8.99. The summed E-state index contributed by atoms with van der Waals surface area (Å²) in [6, 6.07) is 0. The van der Waals surface area contributed by atoms with Crippen LogP contribution in [0, 0.1) is 46.3 Å². The number of carbonyl (C=O) groups is 1. The number of alkyl halides is 2. The lowest BCUT2D eigenvalue weighted by Gasteiger charge is -2.63. The summed E-state index contributed by atoms with van der Waals surface area (Å²) in [6.45, 7) is 4.59. The van der Waals surface area contributed by atoms with Crippen LogP contribution in [0.4, 0.5) is 8.78 Å². The minimum absolute atomic E-state index is 0.0248. The van der Waals surface area contributed by atoms with E-state index < -0.39 is 45.6 Å². The molecule has 4 rings (SSSR count). The second-order valence-corrected chi connectivity index (χ2v) is 14.4. The zero-order valence-electron chi connectivity index (χ0n) is 21.9. The summed E-state index contributed by atoms with van der Waals surface area (Å²) in [5.41, 5.74) is -0.482. The van der Waals surface area contributed by atoms with Crippen molar-refractivity contribution in [2.75, 3.05) is 6.61 Å². The molecular weight excluding hydrogens is 510 g/mol. The smallest absolute Gasteiger partial charge is 0.402 e. The molecule has 0 aromatic rings. The maximum absolute atomic E-state index is 13.4. The number of aliphatic hydroxyl groups excluding tert-OH is 3. The second-order valence-electron chi connectivity index (χ2n) is 12.8. The van der Waals surface area contributed by atoms with Gasteiger partial charge in [0.25, 0.3) is 0 Å². The molecular formula is C26H42F2O8S. The first-order valence-corrected chi connectivity index (χ1v) is 15.0. The van der Waals surface area contributed by atoms with Crippen LogP contribution < -0.4 is 0 Å². The number of halogens is 2. The molecule has 0 saturated heterocycles. The van der Waals surface area contributed by atoms with Crippen LogP contribution in [0.1, 0.15) is 78.6 Å². The van der Waals surface area contributed by atoms with E-state index in [0.29, 0.717) is 25.7 Å². The third-order valence-corrected chi connectivity index (χ3v) is 12.0. The van der Waals surface area contributed by atoms with Crippen molar-refractivity contribution in [2.24, 2.45) is 46.3 Å². The van der Waals surface area contributed by atoms with Gasteiger partial charge in [0, 0.05) is 6.42 Å². The third-order valence-electron chi connectivity index (χ3n) is 11.1. The molecule has 11 atom stereocenters. The molecule has 0 aliphatic heterocycles. The summed E-state index contributed by atoms with van der Waals surface area (Å²) in [5, 5.41) is 28.6. The Bertz CT molecular complexity index is 976. The molecule has 0 unspecified atom stereocenters. The van der Waals surface area contributed by atoms with E-state index in [4.69, 9.17) is 4.55 Å². The molecule has 4 N–H and O–H groups in total. The molecule has 4 saturated carbocycles. The molecule has 8 nitrogen and oxygen atoms in total. The average molecular weight is 553 g/mol. The predicted molar refractivity (Wildman–Crippen MR) is 130 cm³/mol. The van der Waals surface area contributed by atoms with Gasteiger partial charge in [-0.3, -0.25) is 9.35 Å². The molecule has 0 radical (unpaired) electrons. The van der Waals surface area contributed by atoms with Gasteiger partial charge < -0.3 is 20.1 Å². The van der Waals surface area contributed by atoms with Crippen LogP contribution in [0.5, 0.6) is 0 Å². The van der Waals surface area contributed by atoms with E-state index >= 15 is 0 Å². The van der Waals surface area contributed by atoms with Crippen molar-refractivity contribution in [1.29, 1.82) is 0 Å². The number of esters is 1. The van der Waals surface area contributed by atoms with Crippen LogP contribution in [-0.2, 0) is 19.6 Å². The molecule has 0 aromatic heterocycles. The van der Waals surface area contributed by atoms with Crippen molar-refractivity contribution >= 4 is 16.1 Å². The van der Waals surface area contributed by atoms with E-state index in [1.807, 2.05) is 6.92 Å². The van der Waals surface area contributed by atoms with Crippen molar-refractivity contribution in [3.8, 4) is 0 Å². The van der Waals surface area contributed by atoms with Crippen molar-refractivity contribution < 1.29 is 46.6 Å². The van der Waals surface area contributed by atoms with Gasteiger partial charge in [0.1, 0.15) is 0 Å². The molecule has 0 spiro atoms. The number of aliphatic hydroxyl groups is 3. The third kappa shape index (κ3) is 4.96. The van der Waals surface area contributed by atoms with Gasteiger partial charge in [-0.2, -0.15) is 17.2 Å². The Labute approximate surface area is 217 Å². The minimum atomic E-state index is -5.67. The van der Waals surface area contributed by atoms with Gasteiger partial charge in [-0.25, -0.2) is 0 Å². The molecule has 37 heavy (non-hydrogen) atoms. The number of ether oxygens (including phenoxy) is 1.